The minimum Gasteiger partial charge on any atom is -0.399 e. The van der Waals surface area contributed by atoms with Gasteiger partial charge in [0.15, 0.2) is 0 Å². The third-order valence-electron chi connectivity index (χ3n) is 2.69. The molecule has 0 fully saturated rings. The maximum Gasteiger partial charge on any atom is 0.213 e. The zero-order valence-electron chi connectivity index (χ0n) is 10.2. The maximum atomic E-state index is 13.7. The summed E-state index contributed by atoms with van der Waals surface area (Å²) in [6.45, 7) is 3.86. The Morgan fingerprint density at radius 3 is 2.78 bits per heavy atom. The molecule has 1 aromatic heterocycles. The summed E-state index contributed by atoms with van der Waals surface area (Å²) in [6, 6.07) is 4.13. The normalized spacial score (nSPS) is 10.9. The number of nitrogens with zero attached hydrogens (tertiary/aromatic N) is 2. The molecule has 0 aliphatic rings. The molecule has 0 bridgehead atoms. The minimum atomic E-state index is -0.614. The van der Waals surface area contributed by atoms with Crippen LogP contribution in [0.2, 0.25) is 0 Å². The van der Waals surface area contributed by atoms with Crippen molar-refractivity contribution in [1.29, 1.82) is 0 Å². The predicted octanol–water partition coefficient (Wildman–Crippen LogP) is 2.42. The first kappa shape index (κ1) is 12.3. The molecule has 94 valence electrons. The number of hydrogen-bond acceptors (Lipinski definition) is 3. The molecule has 1 aromatic carbocycles. The molecular weight excluding hydrogens is 233 g/mol. The van der Waals surface area contributed by atoms with Gasteiger partial charge in [-0.3, -0.25) is 4.79 Å². The smallest absolute Gasteiger partial charge is 0.213 e. The van der Waals surface area contributed by atoms with E-state index in [1.165, 1.54) is 18.3 Å². The van der Waals surface area contributed by atoms with Crippen molar-refractivity contribution in [3.63, 3.8) is 0 Å². The van der Waals surface area contributed by atoms with Crippen molar-refractivity contribution in [1.82, 2.24) is 9.55 Å². The first-order valence-corrected chi connectivity index (χ1v) is 5.62. The maximum absolute atomic E-state index is 13.7. The van der Waals surface area contributed by atoms with Crippen molar-refractivity contribution in [3.05, 3.63) is 47.8 Å². The number of ketones is 1. The highest BCUT2D eigenvalue weighted by Gasteiger charge is 2.18. The van der Waals surface area contributed by atoms with Gasteiger partial charge in [-0.05, 0) is 32.0 Å². The zero-order chi connectivity index (χ0) is 13.3. The topological polar surface area (TPSA) is 60.9 Å². The average Bonchev–Trinajstić information content (AvgIpc) is 2.77. The number of rotatable bonds is 3. The molecule has 0 amide bonds. The molecule has 0 radical (unpaired) electrons. The van der Waals surface area contributed by atoms with Gasteiger partial charge in [0.2, 0.25) is 5.78 Å². The van der Waals surface area contributed by atoms with Gasteiger partial charge in [0.05, 0.1) is 18.1 Å². The lowest BCUT2D eigenvalue weighted by Crippen LogP contribution is -2.12. The molecule has 0 atom stereocenters. The monoisotopic (exact) mass is 247 g/mol. The first-order valence-electron chi connectivity index (χ1n) is 5.62. The number of carbonyl (C=O) groups excluding carboxylic acids is 1. The predicted molar refractivity (Wildman–Crippen MR) is 66.9 cm³/mol. The lowest BCUT2D eigenvalue weighted by molar-refractivity contribution is 0.102. The molecule has 2 aromatic rings. The number of benzene rings is 1. The van der Waals surface area contributed by atoms with Crippen LogP contribution in [-0.4, -0.2) is 15.3 Å². The average molecular weight is 247 g/mol. The van der Waals surface area contributed by atoms with Crippen LogP contribution in [0.1, 0.15) is 35.9 Å². The number of halogens is 1. The second-order valence-corrected chi connectivity index (χ2v) is 4.35. The van der Waals surface area contributed by atoms with Gasteiger partial charge in [-0.2, -0.15) is 0 Å². The SMILES string of the molecule is CC(C)n1cncc1C(=O)c1ccc(N)cc1F. The van der Waals surface area contributed by atoms with Gasteiger partial charge in [-0.1, -0.05) is 0 Å². The number of aromatic nitrogens is 2. The van der Waals surface area contributed by atoms with Crippen LogP contribution in [0.25, 0.3) is 0 Å². The largest absolute Gasteiger partial charge is 0.399 e. The Hall–Kier alpha value is -2.17. The van der Waals surface area contributed by atoms with Gasteiger partial charge in [0, 0.05) is 11.7 Å². The number of anilines is 1. The van der Waals surface area contributed by atoms with Crippen molar-refractivity contribution in [2.24, 2.45) is 0 Å². The quantitative estimate of drug-likeness (QED) is 0.669. The fraction of sp³-hybridized carbons (Fsp3) is 0.231. The van der Waals surface area contributed by atoms with E-state index >= 15 is 0 Å². The van der Waals surface area contributed by atoms with Crippen molar-refractivity contribution in [2.45, 2.75) is 19.9 Å². The molecule has 0 saturated carbocycles. The van der Waals surface area contributed by atoms with Gasteiger partial charge in [-0.25, -0.2) is 9.37 Å². The van der Waals surface area contributed by atoms with Crippen LogP contribution in [0.15, 0.2) is 30.7 Å². The van der Waals surface area contributed by atoms with Gasteiger partial charge >= 0.3 is 0 Å². The summed E-state index contributed by atoms with van der Waals surface area (Å²) in [4.78, 5) is 16.2. The van der Waals surface area contributed by atoms with Crippen LogP contribution in [-0.2, 0) is 0 Å². The molecular formula is C13H14FN3O. The summed E-state index contributed by atoms with van der Waals surface area (Å²) in [5.41, 5.74) is 6.12. The lowest BCUT2D eigenvalue weighted by Gasteiger charge is -2.11. The van der Waals surface area contributed by atoms with E-state index < -0.39 is 11.6 Å². The number of imidazole rings is 1. The van der Waals surface area contributed by atoms with Crippen LogP contribution < -0.4 is 5.73 Å². The molecule has 0 aliphatic heterocycles. The second kappa shape index (κ2) is 4.60. The van der Waals surface area contributed by atoms with Crippen LogP contribution >= 0.6 is 0 Å². The fourth-order valence-corrected chi connectivity index (χ4v) is 1.75. The van der Waals surface area contributed by atoms with E-state index in [1.807, 2.05) is 13.8 Å². The fourth-order valence-electron chi connectivity index (χ4n) is 1.75. The molecule has 0 saturated heterocycles. The number of nitrogens with two attached hydrogens (primary N) is 1. The lowest BCUT2D eigenvalue weighted by atomic mass is 10.1. The molecule has 0 spiro atoms. The summed E-state index contributed by atoms with van der Waals surface area (Å²) >= 11 is 0. The number of carbonyl (C=O) groups is 1. The van der Waals surface area contributed by atoms with Gasteiger partial charge in [0.25, 0.3) is 0 Å². The Morgan fingerprint density at radius 2 is 2.17 bits per heavy atom. The standard InChI is InChI=1S/C13H14FN3O/c1-8(2)17-7-16-6-12(17)13(18)10-4-3-9(15)5-11(10)14/h3-8H,15H2,1-2H3. The van der Waals surface area contributed by atoms with Crippen molar-refractivity contribution in [3.8, 4) is 0 Å². The molecule has 5 heteroatoms. The Bertz CT molecular complexity index is 590. The highest BCUT2D eigenvalue weighted by atomic mass is 19.1. The molecule has 0 aliphatic carbocycles. The molecule has 4 nitrogen and oxygen atoms in total. The Labute approximate surface area is 104 Å². The number of hydrogen-bond donors (Lipinski definition) is 1. The van der Waals surface area contributed by atoms with E-state index in [0.29, 0.717) is 11.4 Å². The van der Waals surface area contributed by atoms with Crippen molar-refractivity contribution < 1.29 is 9.18 Å². The van der Waals surface area contributed by atoms with E-state index in [2.05, 4.69) is 4.98 Å². The van der Waals surface area contributed by atoms with E-state index in [1.54, 1.807) is 10.9 Å². The summed E-state index contributed by atoms with van der Waals surface area (Å²) in [6.07, 6.45) is 3.01. The first-order chi connectivity index (χ1) is 8.50. The molecule has 2 rings (SSSR count). The Kier molecular flexibility index (Phi) is 3.14. The Morgan fingerprint density at radius 1 is 1.44 bits per heavy atom. The van der Waals surface area contributed by atoms with Crippen LogP contribution in [0.4, 0.5) is 10.1 Å². The number of nitrogen functional groups attached to an aromatic ring is 1. The molecule has 18 heavy (non-hydrogen) atoms. The highest BCUT2D eigenvalue weighted by Crippen LogP contribution is 2.18. The summed E-state index contributed by atoms with van der Waals surface area (Å²) in [5.74, 6) is -1.00. The van der Waals surface area contributed by atoms with Gasteiger partial charge in [0.1, 0.15) is 11.5 Å². The van der Waals surface area contributed by atoms with Crippen LogP contribution in [0.3, 0.4) is 0 Å². The van der Waals surface area contributed by atoms with Gasteiger partial charge < -0.3 is 10.3 Å². The zero-order valence-corrected chi connectivity index (χ0v) is 10.2. The third-order valence-corrected chi connectivity index (χ3v) is 2.69. The van der Waals surface area contributed by atoms with E-state index in [9.17, 15) is 9.18 Å². The summed E-state index contributed by atoms with van der Waals surface area (Å²) < 4.78 is 15.4. The van der Waals surface area contributed by atoms with Gasteiger partial charge in [-0.15, -0.1) is 0 Å². The Balaban J connectivity index is 2.45. The summed E-state index contributed by atoms with van der Waals surface area (Å²) in [5, 5.41) is 0. The minimum absolute atomic E-state index is 0.00611. The second-order valence-electron chi connectivity index (χ2n) is 4.35. The van der Waals surface area contributed by atoms with Crippen molar-refractivity contribution in [2.75, 3.05) is 5.73 Å². The van der Waals surface area contributed by atoms with Crippen LogP contribution in [0.5, 0.6) is 0 Å². The van der Waals surface area contributed by atoms with E-state index in [0.717, 1.165) is 6.07 Å². The van der Waals surface area contributed by atoms with Crippen LogP contribution in [0, 0.1) is 5.82 Å². The molecule has 1 heterocycles. The molecule has 0 unspecified atom stereocenters. The molecule has 2 N–H and O–H groups in total. The van der Waals surface area contributed by atoms with E-state index in [4.69, 9.17) is 5.73 Å². The van der Waals surface area contributed by atoms with E-state index in [-0.39, 0.29) is 11.6 Å². The summed E-state index contributed by atoms with van der Waals surface area (Å²) in [7, 11) is 0. The highest BCUT2D eigenvalue weighted by molar-refractivity contribution is 6.08. The van der Waals surface area contributed by atoms with Crippen molar-refractivity contribution >= 4 is 11.5 Å². The third kappa shape index (κ3) is 2.11.